The number of sulfonamides is 1. The molecule has 0 bridgehead atoms. The predicted molar refractivity (Wildman–Crippen MR) is 75.8 cm³/mol. The topological polar surface area (TPSA) is 76.7 Å². The molecule has 1 heterocycles. The molecule has 0 radical (unpaired) electrons. The van der Waals surface area contributed by atoms with Crippen LogP contribution in [0.25, 0.3) is 0 Å². The van der Waals surface area contributed by atoms with Gasteiger partial charge in [-0.3, -0.25) is 0 Å². The van der Waals surface area contributed by atoms with Gasteiger partial charge in [-0.15, -0.1) is 0 Å². The summed E-state index contributed by atoms with van der Waals surface area (Å²) in [6, 6.07) is 4.34. The highest BCUT2D eigenvalue weighted by Gasteiger charge is 2.20. The zero-order valence-corrected chi connectivity index (χ0v) is 12.6. The van der Waals surface area contributed by atoms with Gasteiger partial charge in [0, 0.05) is 19.6 Å². The molecule has 1 unspecified atom stereocenters. The van der Waals surface area contributed by atoms with Crippen LogP contribution in [-0.2, 0) is 14.8 Å². The van der Waals surface area contributed by atoms with E-state index in [2.05, 4.69) is 10.0 Å². The molecule has 0 spiro atoms. The lowest BCUT2D eigenvalue weighted by Gasteiger charge is -2.23. The highest BCUT2D eigenvalue weighted by Crippen LogP contribution is 2.26. The minimum Gasteiger partial charge on any atom is -0.495 e. The second-order valence-corrected chi connectivity index (χ2v) is 6.52. The molecule has 112 valence electrons. The van der Waals surface area contributed by atoms with Crippen molar-refractivity contribution in [3.8, 4) is 5.75 Å². The third-order valence-corrected chi connectivity index (χ3v) is 4.66. The first-order valence-electron chi connectivity index (χ1n) is 6.18. The molecule has 6 nitrogen and oxygen atoms in total. The molecule has 1 saturated heterocycles. The Morgan fingerprint density at radius 3 is 2.95 bits per heavy atom. The van der Waals surface area contributed by atoms with Crippen LogP contribution in [0.1, 0.15) is 0 Å². The van der Waals surface area contributed by atoms with Crippen molar-refractivity contribution < 1.29 is 17.9 Å². The van der Waals surface area contributed by atoms with Crippen molar-refractivity contribution in [1.82, 2.24) is 10.0 Å². The SMILES string of the molecule is COc1ccc(S(=O)(=O)NCC2CNCCO2)cc1Cl. The van der Waals surface area contributed by atoms with Crippen LogP contribution < -0.4 is 14.8 Å². The third kappa shape index (κ3) is 3.83. The van der Waals surface area contributed by atoms with E-state index in [0.717, 1.165) is 6.54 Å². The number of benzene rings is 1. The maximum atomic E-state index is 12.1. The Hall–Kier alpha value is -0.860. The number of hydrogen-bond donors (Lipinski definition) is 2. The van der Waals surface area contributed by atoms with E-state index in [-0.39, 0.29) is 22.6 Å². The Bertz CT molecular complexity index is 559. The van der Waals surface area contributed by atoms with Gasteiger partial charge in [-0.05, 0) is 18.2 Å². The van der Waals surface area contributed by atoms with Gasteiger partial charge < -0.3 is 14.8 Å². The number of methoxy groups -OCH3 is 1. The van der Waals surface area contributed by atoms with E-state index in [9.17, 15) is 8.42 Å². The van der Waals surface area contributed by atoms with Gasteiger partial charge in [0.25, 0.3) is 0 Å². The van der Waals surface area contributed by atoms with Crippen molar-refractivity contribution >= 4 is 21.6 Å². The van der Waals surface area contributed by atoms with E-state index < -0.39 is 10.0 Å². The Kier molecular flexibility index (Phi) is 5.22. The minimum absolute atomic E-state index is 0.104. The van der Waals surface area contributed by atoms with Crippen molar-refractivity contribution in [3.63, 3.8) is 0 Å². The molecule has 2 N–H and O–H groups in total. The molecular formula is C12H17ClN2O4S. The summed E-state index contributed by atoms with van der Waals surface area (Å²) < 4.78 is 37.2. The summed E-state index contributed by atoms with van der Waals surface area (Å²) in [4.78, 5) is 0.104. The van der Waals surface area contributed by atoms with Gasteiger partial charge >= 0.3 is 0 Å². The van der Waals surface area contributed by atoms with Gasteiger partial charge in [0.1, 0.15) is 5.75 Å². The van der Waals surface area contributed by atoms with E-state index in [4.69, 9.17) is 21.1 Å². The van der Waals surface area contributed by atoms with Crippen LogP contribution in [0.3, 0.4) is 0 Å². The number of halogens is 1. The van der Waals surface area contributed by atoms with Crippen LogP contribution in [0.5, 0.6) is 5.75 Å². The van der Waals surface area contributed by atoms with Crippen molar-refractivity contribution in [2.24, 2.45) is 0 Å². The quantitative estimate of drug-likeness (QED) is 0.831. The maximum Gasteiger partial charge on any atom is 0.240 e. The lowest BCUT2D eigenvalue weighted by molar-refractivity contribution is 0.0324. The molecule has 8 heteroatoms. The van der Waals surface area contributed by atoms with Crippen LogP contribution in [0.4, 0.5) is 0 Å². The molecule has 1 atom stereocenters. The fourth-order valence-corrected chi connectivity index (χ4v) is 3.27. The third-order valence-electron chi connectivity index (χ3n) is 2.94. The second kappa shape index (κ2) is 6.73. The van der Waals surface area contributed by atoms with Crippen LogP contribution in [0.15, 0.2) is 23.1 Å². The molecule has 1 aromatic carbocycles. The molecule has 0 amide bonds. The lowest BCUT2D eigenvalue weighted by Crippen LogP contribution is -2.45. The Morgan fingerprint density at radius 1 is 1.55 bits per heavy atom. The van der Waals surface area contributed by atoms with Gasteiger partial charge in [0.05, 0.1) is 29.7 Å². The highest BCUT2D eigenvalue weighted by atomic mass is 35.5. The highest BCUT2D eigenvalue weighted by molar-refractivity contribution is 7.89. The lowest BCUT2D eigenvalue weighted by atomic mass is 10.3. The van der Waals surface area contributed by atoms with E-state index in [1.807, 2.05) is 0 Å². The average molecular weight is 321 g/mol. The molecule has 1 aromatic rings. The molecule has 1 fully saturated rings. The molecule has 1 aliphatic rings. The summed E-state index contributed by atoms with van der Waals surface area (Å²) in [6.45, 7) is 2.23. The van der Waals surface area contributed by atoms with Gasteiger partial charge in [-0.1, -0.05) is 11.6 Å². The molecule has 20 heavy (non-hydrogen) atoms. The summed E-state index contributed by atoms with van der Waals surface area (Å²) in [5, 5.41) is 3.39. The van der Waals surface area contributed by atoms with Crippen LogP contribution in [0.2, 0.25) is 5.02 Å². The molecular weight excluding hydrogens is 304 g/mol. The summed E-state index contributed by atoms with van der Waals surface area (Å²) in [5.74, 6) is 0.436. The number of rotatable bonds is 5. The molecule has 0 saturated carbocycles. The van der Waals surface area contributed by atoms with Crippen LogP contribution >= 0.6 is 11.6 Å². The molecule has 1 aliphatic heterocycles. The zero-order chi connectivity index (χ0) is 14.6. The Labute approximate surface area is 123 Å². The zero-order valence-electron chi connectivity index (χ0n) is 11.1. The predicted octanol–water partition coefficient (Wildman–Crippen LogP) is 0.615. The van der Waals surface area contributed by atoms with Gasteiger partial charge in [-0.25, -0.2) is 13.1 Å². The van der Waals surface area contributed by atoms with E-state index in [1.165, 1.54) is 25.3 Å². The monoisotopic (exact) mass is 320 g/mol. The van der Waals surface area contributed by atoms with Crippen LogP contribution in [-0.4, -0.2) is 47.9 Å². The molecule has 0 aromatic heterocycles. The largest absolute Gasteiger partial charge is 0.495 e. The normalized spacial score (nSPS) is 19.8. The summed E-state index contributed by atoms with van der Waals surface area (Å²) in [5.41, 5.74) is 0. The van der Waals surface area contributed by atoms with Crippen molar-refractivity contribution in [2.45, 2.75) is 11.0 Å². The van der Waals surface area contributed by atoms with E-state index >= 15 is 0 Å². The summed E-state index contributed by atoms with van der Waals surface area (Å²) in [7, 11) is -2.13. The van der Waals surface area contributed by atoms with Crippen LogP contribution in [0, 0.1) is 0 Å². The Balaban J connectivity index is 2.04. The van der Waals surface area contributed by atoms with E-state index in [0.29, 0.717) is 18.9 Å². The van der Waals surface area contributed by atoms with Gasteiger partial charge in [-0.2, -0.15) is 0 Å². The Morgan fingerprint density at radius 2 is 2.35 bits per heavy atom. The number of ether oxygens (including phenoxy) is 2. The van der Waals surface area contributed by atoms with Gasteiger partial charge in [0.2, 0.25) is 10.0 Å². The van der Waals surface area contributed by atoms with E-state index in [1.54, 1.807) is 0 Å². The molecule has 2 rings (SSSR count). The standard InChI is InChI=1S/C12H17ClN2O4S/c1-18-12-3-2-10(6-11(12)13)20(16,17)15-8-9-7-14-4-5-19-9/h2-3,6,9,14-15H,4-5,7-8H2,1H3. The fraction of sp³-hybridized carbons (Fsp3) is 0.500. The average Bonchev–Trinajstić information content (AvgIpc) is 2.46. The smallest absolute Gasteiger partial charge is 0.240 e. The summed E-state index contributed by atoms with van der Waals surface area (Å²) >= 11 is 5.93. The number of morpholine rings is 1. The van der Waals surface area contributed by atoms with Crippen molar-refractivity contribution in [2.75, 3.05) is 33.4 Å². The van der Waals surface area contributed by atoms with Gasteiger partial charge in [0.15, 0.2) is 0 Å². The summed E-state index contributed by atoms with van der Waals surface area (Å²) in [6.07, 6.45) is -0.160. The first-order chi connectivity index (χ1) is 9.53. The van der Waals surface area contributed by atoms with Crippen molar-refractivity contribution in [1.29, 1.82) is 0 Å². The first kappa shape index (κ1) is 15.5. The molecule has 0 aliphatic carbocycles. The fourth-order valence-electron chi connectivity index (χ4n) is 1.85. The first-order valence-corrected chi connectivity index (χ1v) is 8.04. The minimum atomic E-state index is -3.60. The number of nitrogens with one attached hydrogen (secondary N) is 2. The number of hydrogen-bond acceptors (Lipinski definition) is 5. The van der Waals surface area contributed by atoms with Crippen molar-refractivity contribution in [3.05, 3.63) is 23.2 Å². The maximum absolute atomic E-state index is 12.1. The second-order valence-electron chi connectivity index (χ2n) is 4.35.